The summed E-state index contributed by atoms with van der Waals surface area (Å²) in [4.78, 5) is 4.93. The maximum atomic E-state index is 6.99. The van der Waals surface area contributed by atoms with Crippen LogP contribution in [0.2, 0.25) is 0 Å². The van der Waals surface area contributed by atoms with E-state index >= 15 is 0 Å². The zero-order valence-corrected chi connectivity index (χ0v) is 34.4. The summed E-state index contributed by atoms with van der Waals surface area (Å²) in [6.45, 7) is 4.35. The molecule has 0 saturated carbocycles. The van der Waals surface area contributed by atoms with Crippen LogP contribution in [0.15, 0.2) is 211 Å². The number of para-hydroxylation sites is 6. The SMILES string of the molecule is Cc1ccccc1N(c1cc2c(c3ccccc13)-c1c(ccc3ccccc13)C21c2ccccc2N(c2ccccc2)c2ccccc21)c1cccc2c1oc1c(C)cccc12. The molecular formula is C59H40N2O. The summed E-state index contributed by atoms with van der Waals surface area (Å²) in [5.41, 5.74) is 17.9. The van der Waals surface area contributed by atoms with E-state index in [2.05, 4.69) is 230 Å². The Bertz CT molecular complexity index is 3590. The lowest BCUT2D eigenvalue weighted by atomic mass is 9.64. The third-order valence-corrected chi connectivity index (χ3v) is 13.7. The van der Waals surface area contributed by atoms with Gasteiger partial charge in [-0.05, 0) is 117 Å². The van der Waals surface area contributed by atoms with Crippen molar-refractivity contribution in [1.29, 1.82) is 0 Å². The van der Waals surface area contributed by atoms with E-state index in [1.165, 1.54) is 71.9 Å². The number of hydrogen-bond donors (Lipinski definition) is 0. The van der Waals surface area contributed by atoms with Crippen molar-refractivity contribution < 1.29 is 4.42 Å². The third kappa shape index (κ3) is 4.60. The van der Waals surface area contributed by atoms with E-state index in [1.54, 1.807) is 0 Å². The molecule has 3 heteroatoms. The normalized spacial score (nSPS) is 13.4. The molecule has 0 fully saturated rings. The Morgan fingerprint density at radius 2 is 0.952 bits per heavy atom. The number of anilines is 6. The zero-order chi connectivity index (χ0) is 41.1. The molecule has 292 valence electrons. The highest BCUT2D eigenvalue weighted by Gasteiger charge is 2.53. The van der Waals surface area contributed by atoms with E-state index in [1.807, 2.05) is 0 Å². The number of hydrogen-bond acceptors (Lipinski definition) is 3. The number of rotatable bonds is 4. The van der Waals surface area contributed by atoms with E-state index in [9.17, 15) is 0 Å². The monoisotopic (exact) mass is 792 g/mol. The average Bonchev–Trinajstić information content (AvgIpc) is 3.86. The molecule has 13 rings (SSSR count). The first kappa shape index (κ1) is 34.9. The second-order valence-electron chi connectivity index (χ2n) is 16.9. The van der Waals surface area contributed by atoms with Crippen LogP contribution in [-0.4, -0.2) is 0 Å². The van der Waals surface area contributed by atoms with Crippen LogP contribution in [-0.2, 0) is 5.41 Å². The van der Waals surface area contributed by atoms with Crippen LogP contribution in [0.3, 0.4) is 0 Å². The van der Waals surface area contributed by atoms with Gasteiger partial charge in [0, 0.05) is 27.5 Å². The van der Waals surface area contributed by atoms with Gasteiger partial charge in [0.05, 0.1) is 28.2 Å². The van der Waals surface area contributed by atoms with Gasteiger partial charge in [0.15, 0.2) is 5.58 Å². The van der Waals surface area contributed by atoms with E-state index in [-0.39, 0.29) is 0 Å². The lowest BCUT2D eigenvalue weighted by molar-refractivity contribution is 0.666. The fourth-order valence-electron chi connectivity index (χ4n) is 11.1. The molecule has 1 spiro atoms. The summed E-state index contributed by atoms with van der Waals surface area (Å²) >= 11 is 0. The van der Waals surface area contributed by atoms with Crippen molar-refractivity contribution in [3.05, 3.63) is 240 Å². The first-order chi connectivity index (χ1) is 30.6. The Labute approximate surface area is 360 Å². The van der Waals surface area contributed by atoms with Crippen molar-refractivity contribution in [2.24, 2.45) is 0 Å². The fraction of sp³-hybridized carbons (Fsp3) is 0.0508. The van der Waals surface area contributed by atoms with Crippen LogP contribution < -0.4 is 9.80 Å². The Balaban J connectivity index is 1.22. The van der Waals surface area contributed by atoms with Crippen LogP contribution in [0, 0.1) is 13.8 Å². The molecule has 3 nitrogen and oxygen atoms in total. The lowest BCUT2D eigenvalue weighted by Crippen LogP contribution is -2.36. The number of furan rings is 1. The quantitative estimate of drug-likeness (QED) is 0.177. The van der Waals surface area contributed by atoms with Gasteiger partial charge in [-0.1, -0.05) is 164 Å². The van der Waals surface area contributed by atoms with Gasteiger partial charge in [0.25, 0.3) is 0 Å². The average molecular weight is 793 g/mol. The minimum absolute atomic E-state index is 0.661. The largest absolute Gasteiger partial charge is 0.454 e. The molecule has 0 radical (unpaired) electrons. The number of benzene rings is 10. The molecule has 1 aliphatic heterocycles. The smallest absolute Gasteiger partial charge is 0.159 e. The molecule has 10 aromatic carbocycles. The van der Waals surface area contributed by atoms with Crippen molar-refractivity contribution >= 4 is 77.6 Å². The first-order valence-electron chi connectivity index (χ1n) is 21.5. The lowest BCUT2D eigenvalue weighted by Gasteiger charge is -2.45. The summed E-state index contributed by atoms with van der Waals surface area (Å²) < 4.78 is 6.99. The number of fused-ring (bicyclic) bond motifs is 16. The maximum Gasteiger partial charge on any atom is 0.159 e. The van der Waals surface area contributed by atoms with Gasteiger partial charge >= 0.3 is 0 Å². The molecular weight excluding hydrogens is 753 g/mol. The molecule has 2 aliphatic rings. The van der Waals surface area contributed by atoms with Gasteiger partial charge in [-0.25, -0.2) is 0 Å². The van der Waals surface area contributed by atoms with E-state index < -0.39 is 5.41 Å². The molecule has 0 bridgehead atoms. The molecule has 0 saturated heterocycles. The molecule has 0 N–H and O–H groups in total. The Kier molecular flexibility index (Phi) is 7.36. The summed E-state index contributed by atoms with van der Waals surface area (Å²) in [6, 6.07) is 76.1. The van der Waals surface area contributed by atoms with Crippen LogP contribution in [0.25, 0.3) is 54.6 Å². The third-order valence-electron chi connectivity index (χ3n) is 13.7. The topological polar surface area (TPSA) is 19.6 Å². The highest BCUT2D eigenvalue weighted by atomic mass is 16.3. The standard InChI is InChI=1S/C59H40N2O/c1-37-18-6-13-30-50(37)61(53-33-17-27-45-44-26-16-19-38(2)57(44)62-58(45)53)54-36-49-56(43-25-10-9-24-42(43)54)55-41-23-8-7-20-39(41)34-35-48(55)59(49)46-28-11-14-31-51(46)60(40-21-4-3-5-22-40)52-32-15-12-29-47(52)59/h3-36H,1-2H3. The molecule has 1 aromatic heterocycles. The van der Waals surface area contributed by atoms with Crippen LogP contribution >= 0.6 is 0 Å². The van der Waals surface area contributed by atoms with Gasteiger partial charge in [-0.2, -0.15) is 0 Å². The minimum Gasteiger partial charge on any atom is -0.454 e. The molecule has 0 unspecified atom stereocenters. The van der Waals surface area contributed by atoms with Gasteiger partial charge in [-0.15, -0.1) is 0 Å². The maximum absolute atomic E-state index is 6.99. The van der Waals surface area contributed by atoms with Crippen LogP contribution in [0.5, 0.6) is 0 Å². The highest BCUT2D eigenvalue weighted by molar-refractivity contribution is 6.18. The van der Waals surface area contributed by atoms with Crippen molar-refractivity contribution in [3.63, 3.8) is 0 Å². The Morgan fingerprint density at radius 1 is 0.387 bits per heavy atom. The predicted octanol–water partition coefficient (Wildman–Crippen LogP) is 16.1. The van der Waals surface area contributed by atoms with E-state index in [0.29, 0.717) is 0 Å². The second-order valence-corrected chi connectivity index (χ2v) is 16.9. The number of nitrogens with zero attached hydrogens (tertiary/aromatic N) is 2. The summed E-state index contributed by atoms with van der Waals surface area (Å²) in [5, 5.41) is 7.14. The van der Waals surface area contributed by atoms with Crippen molar-refractivity contribution in [1.82, 2.24) is 0 Å². The number of aryl methyl sites for hydroxylation is 2. The van der Waals surface area contributed by atoms with Gasteiger partial charge < -0.3 is 14.2 Å². The van der Waals surface area contributed by atoms with Crippen LogP contribution in [0.4, 0.5) is 34.1 Å². The van der Waals surface area contributed by atoms with Gasteiger partial charge in [0.2, 0.25) is 0 Å². The zero-order valence-electron chi connectivity index (χ0n) is 34.4. The molecule has 1 aliphatic carbocycles. The van der Waals surface area contributed by atoms with Gasteiger partial charge in [0.1, 0.15) is 5.58 Å². The van der Waals surface area contributed by atoms with E-state index in [0.717, 1.165) is 50.3 Å². The Morgan fingerprint density at radius 3 is 1.73 bits per heavy atom. The molecule has 11 aromatic rings. The fourth-order valence-corrected chi connectivity index (χ4v) is 11.1. The van der Waals surface area contributed by atoms with Crippen molar-refractivity contribution in [2.45, 2.75) is 19.3 Å². The van der Waals surface area contributed by atoms with Gasteiger partial charge in [-0.3, -0.25) is 0 Å². The highest BCUT2D eigenvalue weighted by Crippen LogP contribution is 2.66. The molecule has 0 amide bonds. The summed E-state index contributed by atoms with van der Waals surface area (Å²) in [7, 11) is 0. The second kappa shape index (κ2) is 13.1. The first-order valence-corrected chi connectivity index (χ1v) is 21.5. The Hall–Kier alpha value is -7.88. The van der Waals surface area contributed by atoms with Crippen molar-refractivity contribution in [2.75, 3.05) is 9.80 Å². The summed E-state index contributed by atoms with van der Waals surface area (Å²) in [6.07, 6.45) is 0. The van der Waals surface area contributed by atoms with E-state index in [4.69, 9.17) is 4.42 Å². The molecule has 2 heterocycles. The molecule has 0 atom stereocenters. The van der Waals surface area contributed by atoms with Crippen LogP contribution in [0.1, 0.15) is 33.4 Å². The molecule has 62 heavy (non-hydrogen) atoms. The van der Waals surface area contributed by atoms with Crippen molar-refractivity contribution in [3.8, 4) is 11.1 Å². The minimum atomic E-state index is -0.661. The predicted molar refractivity (Wildman–Crippen MR) is 258 cm³/mol. The summed E-state index contributed by atoms with van der Waals surface area (Å²) in [5.74, 6) is 0.